The largest absolute Gasteiger partial charge is 0.294 e. The molecule has 14 heavy (non-hydrogen) atoms. The molecule has 0 aliphatic rings. The summed E-state index contributed by atoms with van der Waals surface area (Å²) in [6, 6.07) is 7.82. The standard InChI is InChI=1S/C12H15ClO/c1-2-12(14)11-7-5-10(6-8-11)4-3-9-13/h5-8H,2-4,9H2,1H3. The monoisotopic (exact) mass is 210 g/mol. The minimum absolute atomic E-state index is 0.203. The van der Waals surface area contributed by atoms with E-state index in [1.165, 1.54) is 5.56 Å². The molecule has 76 valence electrons. The number of carbonyl (C=O) groups is 1. The predicted octanol–water partition coefficient (Wildman–Crippen LogP) is 3.45. The van der Waals surface area contributed by atoms with Crippen LogP contribution in [0.2, 0.25) is 0 Å². The van der Waals surface area contributed by atoms with Gasteiger partial charge in [0.05, 0.1) is 0 Å². The highest BCUT2D eigenvalue weighted by Crippen LogP contribution is 2.08. The van der Waals surface area contributed by atoms with Crippen LogP contribution < -0.4 is 0 Å². The summed E-state index contributed by atoms with van der Waals surface area (Å²) in [6.45, 7) is 1.88. The summed E-state index contributed by atoms with van der Waals surface area (Å²) in [5.41, 5.74) is 2.06. The van der Waals surface area contributed by atoms with Crippen molar-refractivity contribution in [3.8, 4) is 0 Å². The van der Waals surface area contributed by atoms with Crippen LogP contribution in [0.4, 0.5) is 0 Å². The molecule has 1 nitrogen and oxygen atoms in total. The Morgan fingerprint density at radius 1 is 1.29 bits per heavy atom. The zero-order valence-corrected chi connectivity index (χ0v) is 9.18. The molecule has 0 radical (unpaired) electrons. The molecule has 0 spiro atoms. The van der Waals surface area contributed by atoms with Crippen LogP contribution in [-0.2, 0) is 6.42 Å². The quantitative estimate of drug-likeness (QED) is 0.538. The van der Waals surface area contributed by atoms with Gasteiger partial charge in [-0.15, -0.1) is 11.6 Å². The fourth-order valence-corrected chi connectivity index (χ4v) is 1.47. The number of Topliss-reactive ketones (excluding diaryl/α,β-unsaturated/α-hetero) is 1. The normalized spacial score (nSPS) is 10.1. The second kappa shape index (κ2) is 5.82. The number of carbonyl (C=O) groups excluding carboxylic acids is 1. The van der Waals surface area contributed by atoms with Crippen molar-refractivity contribution < 1.29 is 4.79 Å². The molecule has 0 aliphatic heterocycles. The average molecular weight is 211 g/mol. The molecule has 0 atom stereocenters. The maximum atomic E-state index is 11.3. The minimum Gasteiger partial charge on any atom is -0.294 e. The van der Waals surface area contributed by atoms with E-state index in [1.807, 2.05) is 31.2 Å². The van der Waals surface area contributed by atoms with Crippen LogP contribution in [0.3, 0.4) is 0 Å². The Bertz CT molecular complexity index is 290. The van der Waals surface area contributed by atoms with Gasteiger partial charge in [0.1, 0.15) is 0 Å². The van der Waals surface area contributed by atoms with Crippen LogP contribution in [0.1, 0.15) is 35.7 Å². The maximum Gasteiger partial charge on any atom is 0.162 e. The van der Waals surface area contributed by atoms with Gasteiger partial charge in [-0.1, -0.05) is 31.2 Å². The third-order valence-corrected chi connectivity index (χ3v) is 2.46. The molecule has 0 aromatic heterocycles. The fourth-order valence-electron chi connectivity index (χ4n) is 1.33. The Hall–Kier alpha value is -0.820. The van der Waals surface area contributed by atoms with E-state index in [1.54, 1.807) is 0 Å². The van der Waals surface area contributed by atoms with E-state index in [0.717, 1.165) is 18.4 Å². The van der Waals surface area contributed by atoms with Gasteiger partial charge in [-0.05, 0) is 18.4 Å². The van der Waals surface area contributed by atoms with Gasteiger partial charge in [0.2, 0.25) is 0 Å². The first-order chi connectivity index (χ1) is 6.77. The number of aryl methyl sites for hydroxylation is 1. The smallest absolute Gasteiger partial charge is 0.162 e. The zero-order chi connectivity index (χ0) is 10.4. The number of hydrogen-bond donors (Lipinski definition) is 0. The fraction of sp³-hybridized carbons (Fsp3) is 0.417. The first-order valence-corrected chi connectivity index (χ1v) is 5.49. The minimum atomic E-state index is 0.203. The highest BCUT2D eigenvalue weighted by molar-refractivity contribution is 6.17. The molecule has 0 bridgehead atoms. The molecule has 1 aromatic carbocycles. The van der Waals surface area contributed by atoms with Crippen LogP contribution >= 0.6 is 11.6 Å². The van der Waals surface area contributed by atoms with Crippen LogP contribution in [-0.4, -0.2) is 11.7 Å². The molecule has 0 fully saturated rings. The molecular weight excluding hydrogens is 196 g/mol. The van der Waals surface area contributed by atoms with Crippen LogP contribution in [0.25, 0.3) is 0 Å². The van der Waals surface area contributed by atoms with Gasteiger partial charge < -0.3 is 0 Å². The van der Waals surface area contributed by atoms with Gasteiger partial charge >= 0.3 is 0 Å². The SMILES string of the molecule is CCC(=O)c1ccc(CCCCl)cc1. The summed E-state index contributed by atoms with van der Waals surface area (Å²) in [4.78, 5) is 11.3. The van der Waals surface area contributed by atoms with Crippen LogP contribution in [0.5, 0.6) is 0 Å². The summed E-state index contributed by atoms with van der Waals surface area (Å²) < 4.78 is 0. The zero-order valence-electron chi connectivity index (χ0n) is 8.42. The van der Waals surface area contributed by atoms with Crippen molar-refractivity contribution in [1.29, 1.82) is 0 Å². The van der Waals surface area contributed by atoms with Gasteiger partial charge in [-0.2, -0.15) is 0 Å². The number of alkyl halides is 1. The van der Waals surface area contributed by atoms with E-state index in [2.05, 4.69) is 0 Å². The van der Waals surface area contributed by atoms with Gasteiger partial charge in [-0.3, -0.25) is 4.79 Å². The predicted molar refractivity (Wildman–Crippen MR) is 60.1 cm³/mol. The molecule has 0 amide bonds. The van der Waals surface area contributed by atoms with E-state index in [-0.39, 0.29) is 5.78 Å². The lowest BCUT2D eigenvalue weighted by atomic mass is 10.0. The second-order valence-corrected chi connectivity index (χ2v) is 3.64. The third-order valence-electron chi connectivity index (χ3n) is 2.20. The van der Waals surface area contributed by atoms with E-state index in [0.29, 0.717) is 12.3 Å². The molecule has 0 aliphatic carbocycles. The lowest BCUT2D eigenvalue weighted by Crippen LogP contribution is -1.96. The van der Waals surface area contributed by atoms with Crippen molar-refractivity contribution in [2.24, 2.45) is 0 Å². The molecule has 0 saturated heterocycles. The van der Waals surface area contributed by atoms with Gasteiger partial charge in [-0.25, -0.2) is 0 Å². The van der Waals surface area contributed by atoms with Crippen molar-refractivity contribution >= 4 is 17.4 Å². The first kappa shape index (κ1) is 11.3. The van der Waals surface area contributed by atoms with E-state index in [9.17, 15) is 4.79 Å². The van der Waals surface area contributed by atoms with E-state index in [4.69, 9.17) is 11.6 Å². The van der Waals surface area contributed by atoms with Crippen molar-refractivity contribution in [2.75, 3.05) is 5.88 Å². The Balaban J connectivity index is 2.63. The molecule has 0 unspecified atom stereocenters. The summed E-state index contributed by atoms with van der Waals surface area (Å²) in [7, 11) is 0. The number of halogens is 1. The Kier molecular flexibility index (Phi) is 4.68. The first-order valence-electron chi connectivity index (χ1n) is 4.96. The molecule has 0 saturated carbocycles. The van der Waals surface area contributed by atoms with E-state index >= 15 is 0 Å². The molecule has 0 N–H and O–H groups in total. The lowest BCUT2D eigenvalue weighted by molar-refractivity contribution is 0.0988. The summed E-state index contributed by atoms with van der Waals surface area (Å²) in [5, 5.41) is 0. The average Bonchev–Trinajstić information content (AvgIpc) is 2.26. The Labute approximate surface area is 90.1 Å². The molecule has 1 rings (SSSR count). The molecular formula is C12H15ClO. The molecule has 1 aromatic rings. The highest BCUT2D eigenvalue weighted by Gasteiger charge is 2.01. The Morgan fingerprint density at radius 3 is 2.43 bits per heavy atom. The van der Waals surface area contributed by atoms with Gasteiger partial charge in [0, 0.05) is 17.9 Å². The van der Waals surface area contributed by atoms with Crippen molar-refractivity contribution in [3.05, 3.63) is 35.4 Å². The highest BCUT2D eigenvalue weighted by atomic mass is 35.5. The van der Waals surface area contributed by atoms with Crippen molar-refractivity contribution in [1.82, 2.24) is 0 Å². The second-order valence-electron chi connectivity index (χ2n) is 3.27. The number of benzene rings is 1. The number of hydrogen-bond acceptors (Lipinski definition) is 1. The third kappa shape index (κ3) is 3.15. The van der Waals surface area contributed by atoms with Crippen molar-refractivity contribution in [2.45, 2.75) is 26.2 Å². The number of rotatable bonds is 5. The van der Waals surface area contributed by atoms with Crippen molar-refractivity contribution in [3.63, 3.8) is 0 Å². The Morgan fingerprint density at radius 2 is 1.93 bits per heavy atom. The number of ketones is 1. The molecule has 0 heterocycles. The topological polar surface area (TPSA) is 17.1 Å². The summed E-state index contributed by atoms with van der Waals surface area (Å²) in [6.07, 6.45) is 2.55. The van der Waals surface area contributed by atoms with E-state index < -0.39 is 0 Å². The summed E-state index contributed by atoms with van der Waals surface area (Å²) >= 11 is 5.60. The summed E-state index contributed by atoms with van der Waals surface area (Å²) in [5.74, 6) is 0.893. The lowest BCUT2D eigenvalue weighted by Gasteiger charge is -2.01. The van der Waals surface area contributed by atoms with Crippen LogP contribution in [0, 0.1) is 0 Å². The van der Waals surface area contributed by atoms with Gasteiger partial charge in [0.15, 0.2) is 5.78 Å². The van der Waals surface area contributed by atoms with Gasteiger partial charge in [0.25, 0.3) is 0 Å². The molecule has 2 heteroatoms. The maximum absolute atomic E-state index is 11.3. The van der Waals surface area contributed by atoms with Crippen LogP contribution in [0.15, 0.2) is 24.3 Å².